The van der Waals surface area contributed by atoms with Gasteiger partial charge in [0.25, 0.3) is 0 Å². The quantitative estimate of drug-likeness (QED) is 0.748. The molecule has 86 valence electrons. The predicted molar refractivity (Wildman–Crippen MR) is 57.3 cm³/mol. The third-order valence-electron chi connectivity index (χ3n) is 1.75. The monoisotopic (exact) mass is 409 g/mol. The summed E-state index contributed by atoms with van der Waals surface area (Å²) in [6.45, 7) is 8.11. The molecule has 13 heavy (non-hydrogen) atoms. The fourth-order valence-electron chi connectivity index (χ4n) is 0.703. The Morgan fingerprint density at radius 1 is 0.846 bits per heavy atom. The van der Waals surface area contributed by atoms with Crippen LogP contribution in [0.1, 0.15) is 27.7 Å². The van der Waals surface area contributed by atoms with E-state index >= 15 is 0 Å². The van der Waals surface area contributed by atoms with Gasteiger partial charge in [0.05, 0.1) is 0 Å². The molecule has 0 saturated heterocycles. The Hall–Kier alpha value is 1.19. The fraction of sp³-hybridized carbons (Fsp3) is 1.00. The van der Waals surface area contributed by atoms with E-state index in [0.717, 1.165) is 0 Å². The molecular formula is C8H20Cl2N2Pt. The van der Waals surface area contributed by atoms with Crippen LogP contribution in [-0.2, 0) is 14.0 Å². The van der Waals surface area contributed by atoms with Crippen LogP contribution in [0.25, 0.3) is 0 Å². The predicted octanol–water partition coefficient (Wildman–Crippen LogP) is 2.33. The van der Waals surface area contributed by atoms with Gasteiger partial charge in [-0.1, -0.05) is 0 Å². The maximum atomic E-state index is 6.32. The van der Waals surface area contributed by atoms with Crippen LogP contribution in [0.4, 0.5) is 0 Å². The Labute approximate surface area is 92.4 Å². The zero-order valence-electron chi connectivity index (χ0n) is 8.54. The van der Waals surface area contributed by atoms with Crippen molar-refractivity contribution in [2.45, 2.75) is 36.6 Å². The molecule has 0 amide bonds. The van der Waals surface area contributed by atoms with Crippen molar-refractivity contribution in [1.29, 1.82) is 0 Å². The van der Waals surface area contributed by atoms with Crippen molar-refractivity contribution < 1.29 is 14.0 Å². The molecule has 0 aliphatic carbocycles. The molecule has 0 aliphatic heterocycles. The van der Waals surface area contributed by atoms with E-state index in [1.165, 1.54) is 0 Å². The van der Waals surface area contributed by atoms with Crippen LogP contribution in [-0.4, -0.2) is 8.86 Å². The van der Waals surface area contributed by atoms with Crippen molar-refractivity contribution in [2.24, 2.45) is 23.3 Å². The average Bonchev–Trinajstić information content (AvgIpc) is 2.01. The molecule has 0 saturated carbocycles. The van der Waals surface area contributed by atoms with Crippen molar-refractivity contribution in [2.75, 3.05) is 0 Å². The van der Waals surface area contributed by atoms with Crippen LogP contribution < -0.4 is 11.5 Å². The first kappa shape index (κ1) is 14.2. The van der Waals surface area contributed by atoms with Crippen LogP contribution in [0, 0.1) is 11.8 Å². The van der Waals surface area contributed by atoms with Crippen LogP contribution in [0.2, 0.25) is 0 Å². The van der Waals surface area contributed by atoms with Gasteiger partial charge in [-0.2, -0.15) is 0 Å². The minimum absolute atomic E-state index is 0.117. The number of hydrogen-bond acceptors (Lipinski definition) is 2. The van der Waals surface area contributed by atoms with Gasteiger partial charge in [-0.05, 0) is 0 Å². The van der Waals surface area contributed by atoms with E-state index in [2.05, 4.69) is 0 Å². The van der Waals surface area contributed by atoms with E-state index in [0.29, 0.717) is 11.8 Å². The van der Waals surface area contributed by atoms with Gasteiger partial charge in [0.15, 0.2) is 0 Å². The molecule has 2 unspecified atom stereocenters. The first-order chi connectivity index (χ1) is 5.71. The second-order valence-corrected chi connectivity index (χ2v) is 17.3. The molecule has 0 aliphatic rings. The van der Waals surface area contributed by atoms with E-state index in [1.807, 2.05) is 27.7 Å². The van der Waals surface area contributed by atoms with Gasteiger partial charge in [-0.3, -0.25) is 0 Å². The summed E-state index contributed by atoms with van der Waals surface area (Å²) in [4.78, 5) is 0. The maximum absolute atomic E-state index is 6.32. The van der Waals surface area contributed by atoms with E-state index in [-0.39, 0.29) is 8.86 Å². The standard InChI is InChI=1S/2C4H10N.2ClH.Pt/c2*1-4(2)3-5;;;/h2*3-4H,5H2,1-2H3;2*1H;/q;;;;+2/p-2. The van der Waals surface area contributed by atoms with E-state index < -0.39 is 14.0 Å². The Morgan fingerprint density at radius 3 is 1.23 bits per heavy atom. The van der Waals surface area contributed by atoms with Crippen LogP contribution >= 0.6 is 18.8 Å². The molecular weight excluding hydrogens is 390 g/mol. The Bertz CT molecular complexity index is 146. The first-order valence-electron chi connectivity index (χ1n) is 4.25. The summed E-state index contributed by atoms with van der Waals surface area (Å²) in [7, 11) is 12.6. The van der Waals surface area contributed by atoms with Crippen molar-refractivity contribution >= 4 is 18.8 Å². The Morgan fingerprint density at radius 2 is 1.08 bits per heavy atom. The van der Waals surface area contributed by atoms with Crippen LogP contribution in [0.3, 0.4) is 0 Å². The molecule has 2 nitrogen and oxygen atoms in total. The number of halogens is 2. The fourth-order valence-corrected chi connectivity index (χ4v) is 11.0. The summed E-state index contributed by atoms with van der Waals surface area (Å²) < 4.78 is -0.235. The van der Waals surface area contributed by atoms with Gasteiger partial charge < -0.3 is 0 Å². The Kier molecular flexibility index (Phi) is 5.81. The van der Waals surface area contributed by atoms with Gasteiger partial charge in [0.2, 0.25) is 0 Å². The van der Waals surface area contributed by atoms with Gasteiger partial charge in [-0.25, -0.2) is 0 Å². The topological polar surface area (TPSA) is 52.0 Å². The number of rotatable bonds is 4. The molecule has 0 radical (unpaired) electrons. The first-order valence-corrected chi connectivity index (χ1v) is 12.5. The molecule has 0 aromatic heterocycles. The number of nitrogens with two attached hydrogens (primary N) is 2. The van der Waals surface area contributed by atoms with Crippen LogP contribution in [0.15, 0.2) is 0 Å². The van der Waals surface area contributed by atoms with Crippen molar-refractivity contribution in [1.82, 2.24) is 0 Å². The molecule has 5 heteroatoms. The SMILES string of the molecule is CC(C)[CH](N)[Pt]([Cl])([Cl])[CH](N)C(C)C. The molecule has 2 atom stereocenters. The summed E-state index contributed by atoms with van der Waals surface area (Å²) in [6.07, 6.45) is 0. The van der Waals surface area contributed by atoms with E-state index in [4.69, 9.17) is 30.3 Å². The third kappa shape index (κ3) is 3.68. The average molecular weight is 410 g/mol. The van der Waals surface area contributed by atoms with Crippen molar-refractivity contribution in [3.63, 3.8) is 0 Å². The summed E-state index contributed by atoms with van der Waals surface area (Å²) in [5.41, 5.74) is 11.9. The normalized spacial score (nSPS) is 19.2. The zero-order valence-corrected chi connectivity index (χ0v) is 12.3. The number of hydrogen-bond donors (Lipinski definition) is 2. The van der Waals surface area contributed by atoms with E-state index in [9.17, 15) is 0 Å². The van der Waals surface area contributed by atoms with Gasteiger partial charge in [0.1, 0.15) is 0 Å². The van der Waals surface area contributed by atoms with Gasteiger partial charge in [0, 0.05) is 0 Å². The molecule has 4 N–H and O–H groups in total. The molecule has 0 fully saturated rings. The summed E-state index contributed by atoms with van der Waals surface area (Å²) in [5, 5.41) is 0. The second-order valence-electron chi connectivity index (χ2n) is 3.72. The van der Waals surface area contributed by atoms with Gasteiger partial charge in [-0.15, -0.1) is 0 Å². The zero-order chi connectivity index (χ0) is 10.8. The van der Waals surface area contributed by atoms with E-state index in [1.54, 1.807) is 0 Å². The molecule has 0 spiro atoms. The minimum atomic E-state index is -2.99. The molecule has 0 rings (SSSR count). The van der Waals surface area contributed by atoms with Crippen LogP contribution in [0.5, 0.6) is 0 Å². The Balaban J connectivity index is 4.54. The van der Waals surface area contributed by atoms with Crippen molar-refractivity contribution in [3.8, 4) is 0 Å². The van der Waals surface area contributed by atoms with Gasteiger partial charge >= 0.3 is 92.7 Å². The molecule has 0 heterocycles. The summed E-state index contributed by atoms with van der Waals surface area (Å²) in [5.74, 6) is 0.605. The molecule has 0 bridgehead atoms. The molecule has 0 aromatic rings. The molecule has 0 aromatic carbocycles. The summed E-state index contributed by atoms with van der Waals surface area (Å²) >= 11 is -2.99. The van der Waals surface area contributed by atoms with Crippen molar-refractivity contribution in [3.05, 3.63) is 0 Å². The third-order valence-corrected chi connectivity index (χ3v) is 14.0. The second kappa shape index (κ2) is 5.32. The summed E-state index contributed by atoms with van der Waals surface area (Å²) in [6, 6.07) is 0.